The molecule has 0 saturated carbocycles. The summed E-state index contributed by atoms with van der Waals surface area (Å²) in [6, 6.07) is 0. The van der Waals surface area contributed by atoms with Gasteiger partial charge in [0, 0.05) is 12.1 Å². The first kappa shape index (κ1) is 9.44. The van der Waals surface area contributed by atoms with E-state index in [0.717, 1.165) is 25.0 Å². The molecule has 0 fully saturated rings. The summed E-state index contributed by atoms with van der Waals surface area (Å²) >= 11 is 0. The minimum atomic E-state index is -0.262. The fourth-order valence-corrected chi connectivity index (χ4v) is 2.11. The Balaban J connectivity index is 2.20. The Hall–Kier alpha value is -1.12. The molecule has 3 nitrogen and oxygen atoms in total. The third-order valence-corrected chi connectivity index (χ3v) is 2.90. The van der Waals surface area contributed by atoms with Crippen LogP contribution in [-0.2, 0) is 9.53 Å². The SMILES string of the molecule is COC(=O)C1=NC2=C(CCCC2)CC1. The van der Waals surface area contributed by atoms with E-state index in [1.165, 1.54) is 31.9 Å². The molecule has 1 aliphatic heterocycles. The quantitative estimate of drug-likeness (QED) is 0.599. The largest absolute Gasteiger partial charge is 0.465 e. The zero-order valence-electron chi connectivity index (χ0n) is 8.51. The Morgan fingerprint density at radius 1 is 1.21 bits per heavy atom. The highest BCUT2D eigenvalue weighted by atomic mass is 16.5. The maximum absolute atomic E-state index is 11.3. The summed E-state index contributed by atoms with van der Waals surface area (Å²) in [5.41, 5.74) is 3.22. The van der Waals surface area contributed by atoms with E-state index >= 15 is 0 Å². The second-order valence-electron chi connectivity index (χ2n) is 3.81. The second-order valence-corrected chi connectivity index (χ2v) is 3.81. The lowest BCUT2D eigenvalue weighted by molar-refractivity contribution is -0.132. The van der Waals surface area contributed by atoms with Gasteiger partial charge in [-0.15, -0.1) is 0 Å². The van der Waals surface area contributed by atoms with Gasteiger partial charge in [0.05, 0.1) is 7.11 Å². The van der Waals surface area contributed by atoms with E-state index in [4.69, 9.17) is 0 Å². The van der Waals surface area contributed by atoms with Crippen molar-refractivity contribution in [3.63, 3.8) is 0 Å². The Morgan fingerprint density at radius 3 is 2.79 bits per heavy atom. The maximum atomic E-state index is 11.3. The number of methoxy groups -OCH3 is 1. The fourth-order valence-electron chi connectivity index (χ4n) is 2.11. The molecule has 0 radical (unpaired) electrons. The van der Waals surface area contributed by atoms with E-state index in [2.05, 4.69) is 9.73 Å². The number of carbonyl (C=O) groups excluding carboxylic acids is 1. The third kappa shape index (κ3) is 1.72. The summed E-state index contributed by atoms with van der Waals surface area (Å²) in [4.78, 5) is 15.7. The van der Waals surface area contributed by atoms with Crippen molar-refractivity contribution in [2.45, 2.75) is 38.5 Å². The second kappa shape index (κ2) is 3.95. The number of hydrogen-bond acceptors (Lipinski definition) is 3. The molecule has 76 valence electrons. The summed E-state index contributed by atoms with van der Waals surface area (Å²) in [5, 5.41) is 0. The minimum absolute atomic E-state index is 0.262. The molecule has 0 unspecified atom stereocenters. The van der Waals surface area contributed by atoms with Crippen molar-refractivity contribution < 1.29 is 9.53 Å². The smallest absolute Gasteiger partial charge is 0.352 e. The minimum Gasteiger partial charge on any atom is -0.465 e. The number of hydrogen-bond donors (Lipinski definition) is 0. The molecular weight excluding hydrogens is 178 g/mol. The van der Waals surface area contributed by atoms with Gasteiger partial charge in [0.25, 0.3) is 0 Å². The van der Waals surface area contributed by atoms with Crippen molar-refractivity contribution >= 4 is 11.7 Å². The number of aliphatic imine (C=N–C) groups is 1. The molecule has 14 heavy (non-hydrogen) atoms. The Labute approximate surface area is 83.9 Å². The van der Waals surface area contributed by atoms with Crippen LogP contribution in [0.4, 0.5) is 0 Å². The van der Waals surface area contributed by atoms with Gasteiger partial charge >= 0.3 is 5.97 Å². The fraction of sp³-hybridized carbons (Fsp3) is 0.636. The van der Waals surface area contributed by atoms with Crippen LogP contribution in [0, 0.1) is 0 Å². The molecule has 2 aliphatic rings. The van der Waals surface area contributed by atoms with Gasteiger partial charge in [0.15, 0.2) is 0 Å². The monoisotopic (exact) mass is 193 g/mol. The molecular formula is C11H15NO2. The molecule has 0 spiro atoms. The Kier molecular flexibility index (Phi) is 2.66. The first-order chi connectivity index (χ1) is 6.81. The third-order valence-electron chi connectivity index (χ3n) is 2.90. The topological polar surface area (TPSA) is 38.7 Å². The molecule has 0 atom stereocenters. The van der Waals surface area contributed by atoms with Gasteiger partial charge in [-0.1, -0.05) is 0 Å². The normalized spacial score (nSPS) is 21.4. The van der Waals surface area contributed by atoms with Crippen LogP contribution in [0.2, 0.25) is 0 Å². The molecule has 0 saturated heterocycles. The first-order valence-electron chi connectivity index (χ1n) is 5.18. The molecule has 0 amide bonds. The van der Waals surface area contributed by atoms with Crippen LogP contribution in [0.5, 0.6) is 0 Å². The highest BCUT2D eigenvalue weighted by Crippen LogP contribution is 2.32. The lowest BCUT2D eigenvalue weighted by Crippen LogP contribution is -2.20. The van der Waals surface area contributed by atoms with Crippen LogP contribution in [-0.4, -0.2) is 18.8 Å². The van der Waals surface area contributed by atoms with E-state index in [9.17, 15) is 4.79 Å². The molecule has 0 aromatic carbocycles. The number of rotatable bonds is 1. The summed E-state index contributed by atoms with van der Waals surface area (Å²) in [7, 11) is 1.41. The molecule has 0 bridgehead atoms. The van der Waals surface area contributed by atoms with Gasteiger partial charge in [-0.05, 0) is 37.7 Å². The van der Waals surface area contributed by atoms with Crippen LogP contribution < -0.4 is 0 Å². The van der Waals surface area contributed by atoms with E-state index < -0.39 is 0 Å². The number of nitrogens with zero attached hydrogens (tertiary/aromatic N) is 1. The van der Waals surface area contributed by atoms with Crippen LogP contribution in [0.15, 0.2) is 16.3 Å². The lowest BCUT2D eigenvalue weighted by Gasteiger charge is -2.22. The molecule has 0 aromatic rings. The molecule has 1 aliphatic carbocycles. The number of allylic oxidation sites excluding steroid dienone is 2. The maximum Gasteiger partial charge on any atom is 0.352 e. The van der Waals surface area contributed by atoms with Gasteiger partial charge < -0.3 is 4.74 Å². The molecule has 0 aromatic heterocycles. The first-order valence-corrected chi connectivity index (χ1v) is 5.18. The van der Waals surface area contributed by atoms with Crippen LogP contribution in [0.3, 0.4) is 0 Å². The predicted molar refractivity (Wildman–Crippen MR) is 54.2 cm³/mol. The predicted octanol–water partition coefficient (Wildman–Crippen LogP) is 2.22. The Morgan fingerprint density at radius 2 is 2.00 bits per heavy atom. The number of ether oxygens (including phenoxy) is 1. The van der Waals surface area contributed by atoms with Gasteiger partial charge in [-0.2, -0.15) is 0 Å². The van der Waals surface area contributed by atoms with Crippen molar-refractivity contribution in [2.75, 3.05) is 7.11 Å². The van der Waals surface area contributed by atoms with E-state index in [1.54, 1.807) is 0 Å². The van der Waals surface area contributed by atoms with Crippen LogP contribution in [0.25, 0.3) is 0 Å². The molecule has 0 N–H and O–H groups in total. The van der Waals surface area contributed by atoms with Crippen molar-refractivity contribution in [1.82, 2.24) is 0 Å². The van der Waals surface area contributed by atoms with Crippen LogP contribution in [0.1, 0.15) is 38.5 Å². The van der Waals surface area contributed by atoms with E-state index in [1.807, 2.05) is 0 Å². The number of carbonyl (C=O) groups is 1. The lowest BCUT2D eigenvalue weighted by atomic mass is 9.90. The average molecular weight is 193 g/mol. The zero-order chi connectivity index (χ0) is 9.97. The Bertz CT molecular complexity index is 315. The highest BCUT2D eigenvalue weighted by Gasteiger charge is 2.21. The van der Waals surface area contributed by atoms with Crippen molar-refractivity contribution in [3.05, 3.63) is 11.3 Å². The van der Waals surface area contributed by atoms with Crippen molar-refractivity contribution in [3.8, 4) is 0 Å². The van der Waals surface area contributed by atoms with Gasteiger partial charge in [0.1, 0.15) is 5.71 Å². The zero-order valence-corrected chi connectivity index (χ0v) is 8.51. The summed E-state index contributed by atoms with van der Waals surface area (Å²) < 4.78 is 4.68. The molecule has 3 heteroatoms. The number of esters is 1. The van der Waals surface area contributed by atoms with Crippen molar-refractivity contribution in [1.29, 1.82) is 0 Å². The molecule has 2 rings (SSSR count). The van der Waals surface area contributed by atoms with Gasteiger partial charge in [0.2, 0.25) is 0 Å². The van der Waals surface area contributed by atoms with Gasteiger partial charge in [-0.25, -0.2) is 4.79 Å². The highest BCUT2D eigenvalue weighted by molar-refractivity contribution is 6.36. The summed E-state index contributed by atoms with van der Waals surface area (Å²) in [6.45, 7) is 0. The van der Waals surface area contributed by atoms with Crippen LogP contribution >= 0.6 is 0 Å². The summed E-state index contributed by atoms with van der Waals surface area (Å²) in [5.74, 6) is -0.262. The standard InChI is InChI=1S/C11H15NO2/c1-14-11(13)10-7-6-8-4-2-3-5-9(8)12-10/h2-7H2,1H3. The van der Waals surface area contributed by atoms with Gasteiger partial charge in [-0.3, -0.25) is 4.99 Å². The summed E-state index contributed by atoms with van der Waals surface area (Å²) in [6.07, 6.45) is 6.45. The van der Waals surface area contributed by atoms with Crippen molar-refractivity contribution in [2.24, 2.45) is 4.99 Å². The van der Waals surface area contributed by atoms with E-state index in [0.29, 0.717) is 5.71 Å². The molecule has 1 heterocycles. The average Bonchev–Trinajstić information content (AvgIpc) is 2.27. The van der Waals surface area contributed by atoms with E-state index in [-0.39, 0.29) is 5.97 Å².